The van der Waals surface area contributed by atoms with Crippen molar-refractivity contribution in [2.24, 2.45) is 0 Å². The third-order valence-electron chi connectivity index (χ3n) is 2.93. The van der Waals surface area contributed by atoms with E-state index < -0.39 is 0 Å². The summed E-state index contributed by atoms with van der Waals surface area (Å²) in [5, 5.41) is 4.86. The Morgan fingerprint density at radius 1 is 0.941 bits per heavy atom. The van der Waals surface area contributed by atoms with E-state index >= 15 is 0 Å². The molecule has 1 radical (unpaired) electrons. The zero-order chi connectivity index (χ0) is 11.7. The van der Waals surface area contributed by atoms with Crippen molar-refractivity contribution in [3.05, 3.63) is 54.6 Å². The zero-order valence-corrected chi connectivity index (χ0v) is 9.73. The first-order valence-corrected chi connectivity index (χ1v) is 5.85. The molecule has 0 aliphatic carbocycles. The minimum Gasteiger partial charge on any atom is -0.493 e. The second kappa shape index (κ2) is 4.10. The molecule has 0 saturated heterocycles. The maximum atomic E-state index is 5.47. The van der Waals surface area contributed by atoms with Crippen molar-refractivity contribution in [2.45, 2.75) is 6.92 Å². The van der Waals surface area contributed by atoms with Crippen molar-refractivity contribution < 1.29 is 4.74 Å². The maximum absolute atomic E-state index is 5.47. The Bertz CT molecular complexity index is 670. The molecule has 0 aliphatic heterocycles. The highest BCUT2D eigenvalue weighted by Gasteiger charge is 2.01. The first-order chi connectivity index (χ1) is 8.38. The number of fused-ring (bicyclic) bond motifs is 3. The monoisotopic (exact) mass is 221 g/mol. The Balaban J connectivity index is 2.29. The van der Waals surface area contributed by atoms with Gasteiger partial charge in [0.25, 0.3) is 0 Å². The van der Waals surface area contributed by atoms with Gasteiger partial charge in [-0.1, -0.05) is 42.5 Å². The highest BCUT2D eigenvalue weighted by molar-refractivity contribution is 6.07. The lowest BCUT2D eigenvalue weighted by molar-refractivity contribution is 0.340. The minimum absolute atomic E-state index is 0.676. The summed E-state index contributed by atoms with van der Waals surface area (Å²) in [6.07, 6.45) is 0. The van der Waals surface area contributed by atoms with Gasteiger partial charge < -0.3 is 4.74 Å². The number of rotatable bonds is 2. The largest absolute Gasteiger partial charge is 0.493 e. The van der Waals surface area contributed by atoms with Gasteiger partial charge in [0.05, 0.1) is 6.61 Å². The predicted octanol–water partition coefficient (Wildman–Crippen LogP) is 4.19. The Hall–Kier alpha value is -2.02. The molecule has 3 rings (SSSR count). The quantitative estimate of drug-likeness (QED) is 0.589. The number of benzene rings is 3. The summed E-state index contributed by atoms with van der Waals surface area (Å²) < 4.78 is 5.47. The molecule has 0 N–H and O–H groups in total. The lowest BCUT2D eigenvalue weighted by Gasteiger charge is -2.06. The van der Waals surface area contributed by atoms with Crippen molar-refractivity contribution in [2.75, 3.05) is 6.61 Å². The summed E-state index contributed by atoms with van der Waals surface area (Å²) in [6.45, 7) is 2.66. The molecule has 83 valence electrons. The van der Waals surface area contributed by atoms with Gasteiger partial charge in [-0.3, -0.25) is 0 Å². The molecule has 0 bridgehead atoms. The summed E-state index contributed by atoms with van der Waals surface area (Å²) in [4.78, 5) is 0. The van der Waals surface area contributed by atoms with E-state index in [1.54, 1.807) is 0 Å². The molecule has 0 saturated carbocycles. The normalized spacial score (nSPS) is 10.9. The number of hydrogen-bond donors (Lipinski definition) is 0. The van der Waals surface area contributed by atoms with Crippen LogP contribution in [0, 0.1) is 6.07 Å². The Labute approximate surface area is 101 Å². The fourth-order valence-electron chi connectivity index (χ4n) is 2.16. The summed E-state index contributed by atoms with van der Waals surface area (Å²) in [7, 11) is 0. The second-order valence-corrected chi connectivity index (χ2v) is 4.00. The fourth-order valence-corrected chi connectivity index (χ4v) is 2.16. The molecule has 17 heavy (non-hydrogen) atoms. The van der Waals surface area contributed by atoms with Crippen LogP contribution in [0.5, 0.6) is 5.75 Å². The summed E-state index contributed by atoms with van der Waals surface area (Å²) in [5.41, 5.74) is 0. The first kappa shape index (κ1) is 10.2. The molecule has 0 amide bonds. The van der Waals surface area contributed by atoms with Crippen molar-refractivity contribution in [3.8, 4) is 5.75 Å². The van der Waals surface area contributed by atoms with E-state index in [0.717, 1.165) is 11.1 Å². The third kappa shape index (κ3) is 1.74. The number of hydrogen-bond acceptors (Lipinski definition) is 1. The third-order valence-corrected chi connectivity index (χ3v) is 2.93. The van der Waals surface area contributed by atoms with Crippen LogP contribution < -0.4 is 4.74 Å². The molecule has 1 heteroatoms. The molecule has 0 atom stereocenters. The van der Waals surface area contributed by atoms with Crippen LogP contribution in [0.1, 0.15) is 6.92 Å². The molecule has 0 spiro atoms. The molecule has 3 aromatic rings. The van der Waals surface area contributed by atoms with Crippen LogP contribution >= 0.6 is 0 Å². The molecular weight excluding hydrogens is 208 g/mol. The van der Waals surface area contributed by atoms with Gasteiger partial charge in [-0.25, -0.2) is 0 Å². The second-order valence-electron chi connectivity index (χ2n) is 4.00. The van der Waals surface area contributed by atoms with Crippen LogP contribution in [0.3, 0.4) is 0 Å². The molecule has 1 nitrogen and oxygen atoms in total. The van der Waals surface area contributed by atoms with E-state index in [1.807, 2.05) is 13.0 Å². The SMILES string of the molecule is CCOc1[c]c2ccc3ccccc3c2cc1. The van der Waals surface area contributed by atoms with E-state index in [0.29, 0.717) is 6.61 Å². The molecule has 0 aromatic heterocycles. The average molecular weight is 221 g/mol. The van der Waals surface area contributed by atoms with Gasteiger partial charge >= 0.3 is 0 Å². The van der Waals surface area contributed by atoms with Gasteiger partial charge in [0.2, 0.25) is 0 Å². The van der Waals surface area contributed by atoms with Gasteiger partial charge in [0, 0.05) is 6.07 Å². The Kier molecular flexibility index (Phi) is 2.45. The molecule has 3 aromatic carbocycles. The van der Waals surface area contributed by atoms with Gasteiger partial charge in [-0.05, 0) is 34.5 Å². The van der Waals surface area contributed by atoms with Crippen LogP contribution in [0.15, 0.2) is 48.5 Å². The summed E-state index contributed by atoms with van der Waals surface area (Å²) in [6, 6.07) is 20.0. The van der Waals surface area contributed by atoms with Crippen molar-refractivity contribution in [1.29, 1.82) is 0 Å². The van der Waals surface area contributed by atoms with E-state index in [1.165, 1.54) is 16.2 Å². The van der Waals surface area contributed by atoms with Crippen LogP contribution in [-0.2, 0) is 0 Å². The smallest absolute Gasteiger partial charge is 0.127 e. The van der Waals surface area contributed by atoms with E-state index in [9.17, 15) is 0 Å². The van der Waals surface area contributed by atoms with Crippen LogP contribution in [-0.4, -0.2) is 6.61 Å². The van der Waals surface area contributed by atoms with Gasteiger partial charge in [0.15, 0.2) is 0 Å². The average Bonchev–Trinajstić information content (AvgIpc) is 2.39. The Morgan fingerprint density at radius 3 is 2.71 bits per heavy atom. The molecule has 0 heterocycles. The van der Waals surface area contributed by atoms with E-state index in [4.69, 9.17) is 4.74 Å². The van der Waals surface area contributed by atoms with Gasteiger partial charge in [0.1, 0.15) is 5.75 Å². The molecular formula is C16H13O. The first-order valence-electron chi connectivity index (χ1n) is 5.85. The lowest BCUT2D eigenvalue weighted by atomic mass is 10.0. The Morgan fingerprint density at radius 2 is 1.82 bits per heavy atom. The topological polar surface area (TPSA) is 9.23 Å². The predicted molar refractivity (Wildman–Crippen MR) is 71.5 cm³/mol. The molecule has 0 aliphatic rings. The van der Waals surface area contributed by atoms with Crippen LogP contribution in [0.4, 0.5) is 0 Å². The lowest BCUT2D eigenvalue weighted by Crippen LogP contribution is -1.91. The van der Waals surface area contributed by atoms with Crippen molar-refractivity contribution in [3.63, 3.8) is 0 Å². The van der Waals surface area contributed by atoms with E-state index in [-0.39, 0.29) is 0 Å². The minimum atomic E-state index is 0.676. The summed E-state index contributed by atoms with van der Waals surface area (Å²) >= 11 is 0. The van der Waals surface area contributed by atoms with Crippen LogP contribution in [0.25, 0.3) is 21.5 Å². The van der Waals surface area contributed by atoms with Gasteiger partial charge in [-0.15, -0.1) is 0 Å². The maximum Gasteiger partial charge on any atom is 0.127 e. The zero-order valence-electron chi connectivity index (χ0n) is 9.73. The highest BCUT2D eigenvalue weighted by atomic mass is 16.5. The standard InChI is InChI=1S/C16H13O/c1-2-17-14-9-10-16-13(11-14)8-7-12-5-3-4-6-15(12)16/h3-10H,2H2,1H3. The highest BCUT2D eigenvalue weighted by Crippen LogP contribution is 2.27. The number of ether oxygens (including phenoxy) is 1. The van der Waals surface area contributed by atoms with E-state index in [2.05, 4.69) is 48.5 Å². The molecule has 0 unspecified atom stereocenters. The fraction of sp³-hybridized carbons (Fsp3) is 0.125. The van der Waals surface area contributed by atoms with Crippen molar-refractivity contribution >= 4 is 21.5 Å². The summed E-state index contributed by atoms with van der Waals surface area (Å²) in [5.74, 6) is 0.815. The van der Waals surface area contributed by atoms with Gasteiger partial charge in [-0.2, -0.15) is 0 Å². The van der Waals surface area contributed by atoms with Crippen molar-refractivity contribution in [1.82, 2.24) is 0 Å². The molecule has 0 fully saturated rings. The van der Waals surface area contributed by atoms with Crippen LogP contribution in [0.2, 0.25) is 0 Å².